The van der Waals surface area contributed by atoms with Gasteiger partial charge in [-0.2, -0.15) is 11.8 Å². The smallest absolute Gasteiger partial charge is 0.237 e. The highest BCUT2D eigenvalue weighted by atomic mass is 32.2. The van der Waals surface area contributed by atoms with Crippen LogP contribution in [-0.2, 0) is 4.79 Å². The first-order valence-electron chi connectivity index (χ1n) is 6.93. The van der Waals surface area contributed by atoms with Crippen LogP contribution in [0.4, 0.5) is 0 Å². The summed E-state index contributed by atoms with van der Waals surface area (Å²) in [6, 6.07) is 0.274. The largest absolute Gasteiger partial charge is 0.368 e. The topological polar surface area (TPSA) is 55.1 Å². The van der Waals surface area contributed by atoms with Crippen LogP contribution in [0.5, 0.6) is 0 Å². The van der Waals surface area contributed by atoms with Crippen molar-refractivity contribution in [3.63, 3.8) is 0 Å². The van der Waals surface area contributed by atoms with Gasteiger partial charge in [0.05, 0.1) is 5.54 Å². The molecule has 0 bridgehead atoms. The fraction of sp³-hybridized carbons (Fsp3) is 0.929. The Bertz CT molecular complexity index is 244. The van der Waals surface area contributed by atoms with Crippen molar-refractivity contribution in [2.24, 2.45) is 11.7 Å². The summed E-state index contributed by atoms with van der Waals surface area (Å²) in [5.41, 5.74) is 4.93. The van der Waals surface area contributed by atoms with Crippen LogP contribution in [-0.4, -0.2) is 29.0 Å². The van der Waals surface area contributed by atoms with Crippen molar-refractivity contribution in [3.05, 3.63) is 0 Å². The van der Waals surface area contributed by atoms with Crippen molar-refractivity contribution >= 4 is 17.7 Å². The number of nitrogens with two attached hydrogens (primary N) is 1. The van der Waals surface area contributed by atoms with Crippen molar-refractivity contribution < 1.29 is 4.79 Å². The molecule has 0 aromatic carbocycles. The van der Waals surface area contributed by atoms with Crippen molar-refractivity contribution in [2.45, 2.75) is 65.5 Å². The maximum absolute atomic E-state index is 11.5. The zero-order chi connectivity index (χ0) is 14.2. The van der Waals surface area contributed by atoms with Gasteiger partial charge >= 0.3 is 0 Å². The number of hydrogen-bond donors (Lipinski definition) is 2. The van der Waals surface area contributed by atoms with Crippen LogP contribution in [0, 0.1) is 5.92 Å². The van der Waals surface area contributed by atoms with Crippen LogP contribution in [0.15, 0.2) is 0 Å². The maximum Gasteiger partial charge on any atom is 0.237 e. The molecule has 0 aliphatic rings. The van der Waals surface area contributed by atoms with Crippen LogP contribution in [0.25, 0.3) is 0 Å². The summed E-state index contributed by atoms with van der Waals surface area (Å²) < 4.78 is 0. The first kappa shape index (κ1) is 17.8. The number of thioether (sulfide) groups is 1. The van der Waals surface area contributed by atoms with E-state index in [2.05, 4.69) is 19.2 Å². The van der Waals surface area contributed by atoms with Gasteiger partial charge in [0.25, 0.3) is 0 Å². The third-order valence-corrected chi connectivity index (χ3v) is 4.06. The minimum atomic E-state index is -0.563. The maximum atomic E-state index is 11.5. The highest BCUT2D eigenvalue weighted by Crippen LogP contribution is 2.17. The zero-order valence-corrected chi connectivity index (χ0v) is 13.4. The third-order valence-electron chi connectivity index (χ3n) is 2.96. The van der Waals surface area contributed by atoms with E-state index in [0.717, 1.165) is 24.5 Å². The van der Waals surface area contributed by atoms with E-state index in [0.29, 0.717) is 0 Å². The predicted octanol–water partition coefficient (Wildman–Crippen LogP) is 2.79. The van der Waals surface area contributed by atoms with E-state index in [-0.39, 0.29) is 11.9 Å². The van der Waals surface area contributed by atoms with E-state index in [4.69, 9.17) is 5.73 Å². The molecule has 0 heterocycles. The summed E-state index contributed by atoms with van der Waals surface area (Å²) in [5.74, 6) is 2.84. The van der Waals surface area contributed by atoms with Gasteiger partial charge in [0.1, 0.15) is 0 Å². The van der Waals surface area contributed by atoms with Gasteiger partial charge in [-0.15, -0.1) is 0 Å². The van der Waals surface area contributed by atoms with E-state index in [9.17, 15) is 4.79 Å². The van der Waals surface area contributed by atoms with Gasteiger partial charge in [-0.05, 0) is 57.5 Å². The Morgan fingerprint density at radius 2 is 1.89 bits per heavy atom. The van der Waals surface area contributed by atoms with E-state index in [1.807, 2.05) is 32.5 Å². The van der Waals surface area contributed by atoms with E-state index in [1.54, 1.807) is 0 Å². The molecular formula is C14H30N2OS. The Hall–Kier alpha value is -0.220. The molecule has 3 nitrogen and oxygen atoms in total. The van der Waals surface area contributed by atoms with Crippen LogP contribution in [0.2, 0.25) is 0 Å². The molecule has 0 saturated carbocycles. The number of primary amides is 1. The second-order valence-electron chi connectivity index (χ2n) is 5.89. The summed E-state index contributed by atoms with van der Waals surface area (Å²) >= 11 is 1.97. The average Bonchev–Trinajstić information content (AvgIpc) is 2.21. The van der Waals surface area contributed by atoms with Crippen LogP contribution in [0.3, 0.4) is 0 Å². The minimum Gasteiger partial charge on any atom is -0.368 e. The molecule has 0 aliphatic heterocycles. The van der Waals surface area contributed by atoms with Gasteiger partial charge in [-0.25, -0.2) is 0 Å². The molecule has 0 radical (unpaired) electrons. The number of carbonyl (C=O) groups is 1. The first-order chi connectivity index (χ1) is 8.28. The monoisotopic (exact) mass is 274 g/mol. The third kappa shape index (κ3) is 7.98. The SMILES string of the molecule is CC(C)CCSCCCC(C)(NC(C)C)C(N)=O. The lowest BCUT2D eigenvalue weighted by Gasteiger charge is -2.29. The molecule has 0 aliphatic carbocycles. The van der Waals surface area contributed by atoms with Crippen molar-refractivity contribution in [1.82, 2.24) is 5.32 Å². The molecule has 0 saturated heterocycles. The molecule has 108 valence electrons. The summed E-state index contributed by atoms with van der Waals surface area (Å²) in [7, 11) is 0. The van der Waals surface area contributed by atoms with E-state index < -0.39 is 5.54 Å². The van der Waals surface area contributed by atoms with E-state index >= 15 is 0 Å². The average molecular weight is 274 g/mol. The predicted molar refractivity (Wildman–Crippen MR) is 81.9 cm³/mol. The summed E-state index contributed by atoms with van der Waals surface area (Å²) in [6.07, 6.45) is 3.11. The molecule has 0 aromatic heterocycles. The Kier molecular flexibility index (Phi) is 8.70. The van der Waals surface area contributed by atoms with Crippen molar-refractivity contribution in [3.8, 4) is 0 Å². The summed E-state index contributed by atoms with van der Waals surface area (Å²) in [4.78, 5) is 11.5. The van der Waals surface area contributed by atoms with Gasteiger partial charge in [0.2, 0.25) is 5.91 Å². The van der Waals surface area contributed by atoms with Crippen LogP contribution < -0.4 is 11.1 Å². The molecule has 0 rings (SSSR count). The second kappa shape index (κ2) is 8.81. The molecule has 1 amide bonds. The molecule has 0 aromatic rings. The van der Waals surface area contributed by atoms with Gasteiger partial charge in [0.15, 0.2) is 0 Å². The zero-order valence-electron chi connectivity index (χ0n) is 12.6. The molecule has 1 atom stereocenters. The standard InChI is InChI=1S/C14H30N2OS/c1-11(2)7-10-18-9-6-8-14(5,13(15)17)16-12(3)4/h11-12,16H,6-10H2,1-5H3,(H2,15,17). The Morgan fingerprint density at radius 1 is 1.28 bits per heavy atom. The fourth-order valence-corrected chi connectivity index (χ4v) is 3.04. The lowest BCUT2D eigenvalue weighted by molar-refractivity contribution is -0.124. The highest BCUT2D eigenvalue weighted by Gasteiger charge is 2.30. The number of rotatable bonds is 10. The Labute approximate surface area is 117 Å². The molecule has 18 heavy (non-hydrogen) atoms. The fourth-order valence-electron chi connectivity index (χ4n) is 1.85. The Balaban J connectivity index is 3.88. The van der Waals surface area contributed by atoms with E-state index in [1.165, 1.54) is 12.2 Å². The Morgan fingerprint density at radius 3 is 2.33 bits per heavy atom. The van der Waals surface area contributed by atoms with Crippen molar-refractivity contribution in [1.29, 1.82) is 0 Å². The van der Waals surface area contributed by atoms with Gasteiger partial charge < -0.3 is 11.1 Å². The number of amides is 1. The van der Waals surface area contributed by atoms with Gasteiger partial charge in [-0.1, -0.05) is 13.8 Å². The summed E-state index contributed by atoms with van der Waals surface area (Å²) in [6.45, 7) is 10.5. The number of hydrogen-bond acceptors (Lipinski definition) is 3. The normalized spacial score (nSPS) is 15.1. The first-order valence-corrected chi connectivity index (χ1v) is 8.08. The summed E-state index contributed by atoms with van der Waals surface area (Å²) in [5, 5.41) is 3.28. The highest BCUT2D eigenvalue weighted by molar-refractivity contribution is 7.99. The van der Waals surface area contributed by atoms with Gasteiger partial charge in [0, 0.05) is 6.04 Å². The van der Waals surface area contributed by atoms with Crippen molar-refractivity contribution in [2.75, 3.05) is 11.5 Å². The molecule has 0 spiro atoms. The minimum absolute atomic E-state index is 0.247. The number of nitrogens with one attached hydrogen (secondary N) is 1. The molecule has 0 fully saturated rings. The molecule has 3 N–H and O–H groups in total. The molecular weight excluding hydrogens is 244 g/mol. The van der Waals surface area contributed by atoms with Crippen LogP contribution >= 0.6 is 11.8 Å². The number of carbonyl (C=O) groups excluding carboxylic acids is 1. The van der Waals surface area contributed by atoms with Crippen LogP contribution in [0.1, 0.15) is 53.9 Å². The molecule has 1 unspecified atom stereocenters. The lowest BCUT2D eigenvalue weighted by atomic mass is 9.94. The quantitative estimate of drug-likeness (QED) is 0.602. The second-order valence-corrected chi connectivity index (χ2v) is 7.12. The molecule has 4 heteroatoms. The van der Waals surface area contributed by atoms with Gasteiger partial charge in [-0.3, -0.25) is 4.79 Å². The lowest BCUT2D eigenvalue weighted by Crippen LogP contribution is -2.55.